The molecule has 2 nitrogen and oxygen atoms in total. The zero-order chi connectivity index (χ0) is 10.5. The van der Waals surface area contributed by atoms with Crippen molar-refractivity contribution in [3.63, 3.8) is 0 Å². The lowest BCUT2D eigenvalue weighted by Crippen LogP contribution is -1.81. The van der Waals surface area contributed by atoms with Crippen molar-refractivity contribution >= 4 is 51.6 Å². The van der Waals surface area contributed by atoms with Crippen molar-refractivity contribution < 1.29 is 9.21 Å². The van der Waals surface area contributed by atoms with E-state index in [1.807, 2.05) is 12.1 Å². The molecule has 1 rings (SSSR count). The third kappa shape index (κ3) is 24.5. The zero-order valence-corrected chi connectivity index (χ0v) is 9.58. The standard InChI is InChI=1S/C4H4O.C2H2Cl2O.CH2Cl2/c1-2-4-5-3-1;3-1-2(4)5;2-1-3/h1-4H;1H2;1H2. The summed E-state index contributed by atoms with van der Waals surface area (Å²) in [6, 6.07) is 3.67. The molecule has 0 unspecified atom stereocenters. The van der Waals surface area contributed by atoms with Crippen LogP contribution in [0.2, 0.25) is 0 Å². The fourth-order valence-corrected chi connectivity index (χ4v) is 0.227. The highest BCUT2D eigenvalue weighted by atomic mass is 35.5. The van der Waals surface area contributed by atoms with Gasteiger partial charge in [0.15, 0.2) is 0 Å². The van der Waals surface area contributed by atoms with Crippen molar-refractivity contribution in [3.05, 3.63) is 24.7 Å². The fraction of sp³-hybridized carbons (Fsp3) is 0.286. The third-order valence-corrected chi connectivity index (χ3v) is 1.04. The van der Waals surface area contributed by atoms with Crippen molar-refractivity contribution in [1.29, 1.82) is 0 Å². The van der Waals surface area contributed by atoms with E-state index in [9.17, 15) is 4.79 Å². The Balaban J connectivity index is 0. The summed E-state index contributed by atoms with van der Waals surface area (Å²) in [4.78, 5) is 9.45. The molecule has 0 aromatic carbocycles. The second-order valence-corrected chi connectivity index (χ2v) is 2.88. The Morgan fingerprint density at radius 3 is 1.54 bits per heavy atom. The summed E-state index contributed by atoms with van der Waals surface area (Å²) in [5, 5.41) is -0.313. The van der Waals surface area contributed by atoms with Crippen LogP contribution in [0.25, 0.3) is 0 Å². The molecular formula is C7H8Cl4O2. The predicted molar refractivity (Wildman–Crippen MR) is 56.9 cm³/mol. The molecule has 1 aromatic heterocycles. The average molecular weight is 266 g/mol. The third-order valence-electron chi connectivity index (χ3n) is 0.530. The summed E-state index contributed by atoms with van der Waals surface area (Å²) in [7, 11) is 0. The van der Waals surface area contributed by atoms with Crippen LogP contribution in [0.15, 0.2) is 29.1 Å². The van der Waals surface area contributed by atoms with Gasteiger partial charge in [-0.25, -0.2) is 0 Å². The summed E-state index contributed by atoms with van der Waals surface area (Å²) >= 11 is 19.1. The number of hydrogen-bond acceptors (Lipinski definition) is 2. The fourth-order valence-electron chi connectivity index (χ4n) is 0.227. The molecule has 6 heteroatoms. The van der Waals surface area contributed by atoms with Crippen LogP contribution < -0.4 is 0 Å². The second-order valence-electron chi connectivity index (χ2n) is 1.38. The van der Waals surface area contributed by atoms with Gasteiger partial charge >= 0.3 is 0 Å². The quantitative estimate of drug-likeness (QED) is 0.573. The number of rotatable bonds is 1. The van der Waals surface area contributed by atoms with Gasteiger partial charge < -0.3 is 4.42 Å². The van der Waals surface area contributed by atoms with Crippen molar-refractivity contribution in [2.24, 2.45) is 0 Å². The Labute approximate surface area is 96.7 Å². The van der Waals surface area contributed by atoms with Crippen LogP contribution in [0.5, 0.6) is 0 Å². The summed E-state index contributed by atoms with van der Waals surface area (Å²) in [5.41, 5.74) is 0. The number of furan rings is 1. The van der Waals surface area contributed by atoms with Crippen molar-refractivity contribution in [2.75, 3.05) is 11.2 Å². The van der Waals surface area contributed by atoms with Crippen molar-refractivity contribution in [2.45, 2.75) is 0 Å². The Morgan fingerprint density at radius 2 is 1.46 bits per heavy atom. The molecule has 0 amide bonds. The van der Waals surface area contributed by atoms with E-state index in [0.717, 1.165) is 0 Å². The van der Waals surface area contributed by atoms with Gasteiger partial charge in [-0.2, -0.15) is 0 Å². The normalized spacial score (nSPS) is 7.38. The molecule has 0 radical (unpaired) electrons. The number of carbonyl (C=O) groups is 1. The minimum Gasteiger partial charge on any atom is -0.473 e. The largest absolute Gasteiger partial charge is 0.473 e. The lowest BCUT2D eigenvalue weighted by Gasteiger charge is -1.65. The molecule has 1 aromatic rings. The van der Waals surface area contributed by atoms with E-state index in [2.05, 4.69) is 4.42 Å². The van der Waals surface area contributed by atoms with E-state index in [0.29, 0.717) is 0 Å². The van der Waals surface area contributed by atoms with E-state index in [1.54, 1.807) is 12.5 Å². The minimum atomic E-state index is -0.508. The van der Waals surface area contributed by atoms with Gasteiger partial charge in [0.05, 0.1) is 23.7 Å². The molecule has 0 saturated carbocycles. The molecule has 0 saturated heterocycles. The molecule has 13 heavy (non-hydrogen) atoms. The first-order valence-electron chi connectivity index (χ1n) is 3.02. The Hall–Kier alpha value is 0.110. The smallest absolute Gasteiger partial charge is 0.236 e. The first-order chi connectivity index (χ1) is 6.18. The molecule has 0 aliphatic carbocycles. The number of carbonyl (C=O) groups excluding carboxylic acids is 1. The first kappa shape index (κ1) is 15.6. The summed E-state index contributed by atoms with van der Waals surface area (Å²) in [6.07, 6.45) is 3.25. The lowest BCUT2D eigenvalue weighted by atomic mass is 10.7. The molecule has 0 atom stereocenters. The minimum absolute atomic E-state index is 0.0957. The number of alkyl halides is 3. The molecule has 0 fully saturated rings. The molecule has 0 bridgehead atoms. The Kier molecular flexibility index (Phi) is 17.5. The predicted octanol–water partition coefficient (Wildman–Crippen LogP) is 3.69. The maximum absolute atomic E-state index is 9.45. The molecular weight excluding hydrogens is 258 g/mol. The molecule has 1 heterocycles. The molecule has 0 N–H and O–H groups in total. The monoisotopic (exact) mass is 264 g/mol. The van der Waals surface area contributed by atoms with Gasteiger partial charge in [-0.3, -0.25) is 4.79 Å². The number of hydrogen-bond donors (Lipinski definition) is 0. The van der Waals surface area contributed by atoms with Gasteiger partial charge in [0.2, 0.25) is 5.24 Å². The highest BCUT2D eigenvalue weighted by Gasteiger charge is 1.83. The molecule has 0 aliphatic rings. The van der Waals surface area contributed by atoms with Crippen LogP contribution >= 0.6 is 46.4 Å². The first-order valence-corrected chi connectivity index (χ1v) is 5.00. The SMILES string of the molecule is ClCCl.O=C(Cl)CCl.c1ccoc1. The number of halogens is 4. The highest BCUT2D eigenvalue weighted by Crippen LogP contribution is 1.80. The van der Waals surface area contributed by atoms with Gasteiger partial charge in [0, 0.05) is 0 Å². The van der Waals surface area contributed by atoms with E-state index in [1.165, 1.54) is 0 Å². The molecule has 0 spiro atoms. The van der Waals surface area contributed by atoms with E-state index in [4.69, 9.17) is 46.4 Å². The van der Waals surface area contributed by atoms with Crippen LogP contribution in [0.3, 0.4) is 0 Å². The Bertz CT molecular complexity index is 159. The maximum atomic E-state index is 9.45. The van der Waals surface area contributed by atoms with Gasteiger partial charge in [0.1, 0.15) is 0 Å². The Morgan fingerprint density at radius 1 is 1.15 bits per heavy atom. The highest BCUT2D eigenvalue weighted by molar-refractivity contribution is 6.67. The van der Waals surface area contributed by atoms with Crippen molar-refractivity contribution in [1.82, 2.24) is 0 Å². The molecule has 76 valence electrons. The summed E-state index contributed by atoms with van der Waals surface area (Å²) in [6.45, 7) is 0. The van der Waals surface area contributed by atoms with Gasteiger partial charge in [-0.05, 0) is 23.7 Å². The maximum Gasteiger partial charge on any atom is 0.236 e. The zero-order valence-electron chi connectivity index (χ0n) is 6.55. The lowest BCUT2D eigenvalue weighted by molar-refractivity contribution is -0.109. The van der Waals surface area contributed by atoms with Gasteiger partial charge in [-0.15, -0.1) is 34.8 Å². The van der Waals surface area contributed by atoms with Crippen LogP contribution in [-0.4, -0.2) is 16.5 Å². The van der Waals surface area contributed by atoms with E-state index in [-0.39, 0.29) is 11.2 Å². The van der Waals surface area contributed by atoms with Crippen molar-refractivity contribution in [3.8, 4) is 0 Å². The van der Waals surface area contributed by atoms with Crippen LogP contribution in [0, 0.1) is 0 Å². The second kappa shape index (κ2) is 14.6. The van der Waals surface area contributed by atoms with E-state index >= 15 is 0 Å². The van der Waals surface area contributed by atoms with Crippen LogP contribution in [0.1, 0.15) is 0 Å². The summed E-state index contributed by atoms with van der Waals surface area (Å²) < 4.78 is 4.58. The topological polar surface area (TPSA) is 30.2 Å². The average Bonchev–Trinajstić information content (AvgIpc) is 2.62. The van der Waals surface area contributed by atoms with Crippen LogP contribution in [0.4, 0.5) is 0 Å². The van der Waals surface area contributed by atoms with Gasteiger partial charge in [0.25, 0.3) is 0 Å². The van der Waals surface area contributed by atoms with E-state index < -0.39 is 5.24 Å². The summed E-state index contributed by atoms with van der Waals surface area (Å²) in [5.74, 6) is -0.0957. The molecule has 0 aliphatic heterocycles. The van der Waals surface area contributed by atoms with Gasteiger partial charge in [-0.1, -0.05) is 0 Å². The van der Waals surface area contributed by atoms with Crippen LogP contribution in [-0.2, 0) is 4.79 Å².